The van der Waals surface area contributed by atoms with E-state index in [0.29, 0.717) is 6.42 Å². The lowest BCUT2D eigenvalue weighted by Crippen LogP contribution is -2.64. The molecule has 7 heterocycles. The van der Waals surface area contributed by atoms with Crippen LogP contribution in [-0.4, -0.2) is 191 Å². The maximum atomic E-state index is 16.1. The minimum Gasteiger partial charge on any atom is -0.508 e. The van der Waals surface area contributed by atoms with Crippen LogP contribution >= 0.6 is 23.2 Å². The third-order valence-corrected chi connectivity index (χ3v) is 18.8. The number of carbonyl (C=O) groups excluding carboxylic acids is 6. The molecule has 7 aliphatic rings. The molecule has 0 spiro atoms. The highest BCUT2D eigenvalue weighted by Gasteiger charge is 2.51. The Balaban J connectivity index is 1.24. The summed E-state index contributed by atoms with van der Waals surface area (Å²) in [5, 5.41) is 132. The number of hydrogen-bond acceptors (Lipinski definition) is 25. The standard InChI is InChI=1S/C67H79Cl2N9O23/c1-24(2)13-36(72-6)25(3)73-51-53(84)28-8-11-40(34(68)15-28)97-42-17-30-18-43(57(42)101-66-58(56(87)55(86)44(23-79)99-66)100-46-22-67(5,71)59(88)26(4)96-46)98-41-12-9-29(16-35(41)69)54(85)52-64(93)77-50(65(94)95)33-19-31(80)20-39(82)47(33)32-14-27(7-10-38(32)81)48(61(90)78-52)76-62(91)49(30)75-60(89)37(21-45(70)83)74-63(51)92/h7-12,14-20,24-26,36-37,44,46,48-56,58-59,66,72-73,79-82,84-88H,13,21-23,71H2,1-6H3,(H2,70,83)(H,74,92)(H,75,89)(H,76,91)(H,77,93)(H,78,90)(H,94,95)/t25?,26-,36+,37-,44+,46-,48+,49+,50-,51+,52-,53+,54+,55+,56-,58+,59+,66-,67-/m0/s1. The summed E-state index contributed by atoms with van der Waals surface area (Å²) >= 11 is 14.2. The van der Waals surface area contributed by atoms with Gasteiger partial charge >= 0.3 is 5.97 Å². The van der Waals surface area contributed by atoms with Crippen molar-refractivity contribution in [2.75, 3.05) is 13.7 Å². The van der Waals surface area contributed by atoms with E-state index in [2.05, 4.69) is 37.2 Å². The smallest absolute Gasteiger partial charge is 0.330 e. The topological polar surface area (TPSA) is 513 Å². The summed E-state index contributed by atoms with van der Waals surface area (Å²) in [7, 11) is 1.69. The molecule has 21 N–H and O–H groups in total. The number of aliphatic hydroxyl groups excluding tert-OH is 6. The maximum absolute atomic E-state index is 16.1. The molecule has 19 atom stereocenters. The number of likely N-dealkylation sites (N-methyl/N-ethyl adjacent to an activating group) is 1. The van der Waals surface area contributed by atoms with Gasteiger partial charge in [0, 0.05) is 46.8 Å². The van der Waals surface area contributed by atoms with Crippen molar-refractivity contribution in [1.82, 2.24) is 37.2 Å². The molecule has 32 nitrogen and oxygen atoms in total. The molecule has 0 saturated carbocycles. The van der Waals surface area contributed by atoms with Crippen LogP contribution < -0.4 is 62.9 Å². The molecule has 34 heteroatoms. The van der Waals surface area contributed by atoms with Gasteiger partial charge in [-0.25, -0.2) is 4.79 Å². The Labute approximate surface area is 586 Å². The van der Waals surface area contributed by atoms with Crippen LogP contribution in [0.2, 0.25) is 10.0 Å². The van der Waals surface area contributed by atoms with Gasteiger partial charge < -0.3 is 123 Å². The number of carbonyl (C=O) groups is 7. The van der Waals surface area contributed by atoms with Crippen LogP contribution in [0.5, 0.6) is 46.0 Å². The van der Waals surface area contributed by atoms with Gasteiger partial charge in [0.2, 0.25) is 47.5 Å². The van der Waals surface area contributed by atoms with Gasteiger partial charge in [-0.1, -0.05) is 55.2 Å². The zero-order chi connectivity index (χ0) is 73.5. The molecule has 2 saturated heterocycles. The Morgan fingerprint density at radius 2 is 1.32 bits per heavy atom. The zero-order valence-corrected chi connectivity index (χ0v) is 56.5. The first-order valence-corrected chi connectivity index (χ1v) is 32.8. The van der Waals surface area contributed by atoms with Crippen molar-refractivity contribution in [2.24, 2.45) is 17.4 Å². The molecular weight excluding hydrogens is 1370 g/mol. The van der Waals surface area contributed by atoms with Gasteiger partial charge in [-0.05, 0) is 117 Å². The predicted octanol–water partition coefficient (Wildman–Crippen LogP) is 0.968. The first-order chi connectivity index (χ1) is 47.7. The molecule has 5 aromatic rings. The van der Waals surface area contributed by atoms with Gasteiger partial charge in [0.1, 0.15) is 89.5 Å². The van der Waals surface area contributed by atoms with Gasteiger partial charge in [0.05, 0.1) is 35.3 Å². The fourth-order valence-corrected chi connectivity index (χ4v) is 13.4. The summed E-state index contributed by atoms with van der Waals surface area (Å²) in [6.07, 6.45) is -17.7. The summed E-state index contributed by atoms with van der Waals surface area (Å²) in [4.78, 5) is 103. The summed E-state index contributed by atoms with van der Waals surface area (Å²) in [5.74, 6) is -14.2. The van der Waals surface area contributed by atoms with Crippen molar-refractivity contribution < 1.29 is 113 Å². The zero-order valence-electron chi connectivity index (χ0n) is 55.0. The minimum atomic E-state index is -2.29. The van der Waals surface area contributed by atoms with E-state index in [1.807, 2.05) is 13.8 Å². The first kappa shape index (κ1) is 75.0. The first-order valence-electron chi connectivity index (χ1n) is 32.1. The highest BCUT2D eigenvalue weighted by Crippen LogP contribution is 2.50. The Bertz CT molecular complexity index is 4020. The quantitative estimate of drug-likeness (QED) is 0.0736. The van der Waals surface area contributed by atoms with Crippen LogP contribution in [0, 0.1) is 5.92 Å². The number of carboxylic acid groups (broad SMARTS) is 1. The monoisotopic (exact) mass is 1450 g/mol. The number of ether oxygens (including phenoxy) is 6. The molecule has 5 aromatic carbocycles. The molecule has 1 unspecified atom stereocenters. The predicted molar refractivity (Wildman–Crippen MR) is 354 cm³/mol. The van der Waals surface area contributed by atoms with Crippen LogP contribution in [0.3, 0.4) is 0 Å². The second-order valence-corrected chi connectivity index (χ2v) is 27.0. The number of amides is 6. The lowest BCUT2D eigenvalue weighted by molar-refractivity contribution is -0.333. The molecule has 544 valence electrons. The molecule has 101 heavy (non-hydrogen) atoms. The SMILES string of the molecule is CN[C@H](CC(C)C)C(C)N[C@H]1C(=O)N[C@@H](CC(N)=O)C(=O)N[C@H]2C(=O)N[C@H]3C(=O)N[C@H](C(=O)N[C@H](C(=O)O)c4cc(O)cc(O)c4-c4cc3ccc4O)[C@H](O)c3ccc(c(Cl)c3)Oc3cc2cc(c3O[C@@H]2O[C@H](CO)[C@@H](O)[C@H](O)[C@H]2O[C@H]2C[C@](C)(N)[C@H](O)[C@H](C)O2)Oc2ccc(cc2Cl)[C@H]1O. The largest absolute Gasteiger partial charge is 0.508 e. The number of carboxylic acids is 1. The van der Waals surface area contributed by atoms with Crippen molar-refractivity contribution in [2.45, 2.75) is 169 Å². The highest BCUT2D eigenvalue weighted by atomic mass is 35.5. The number of aliphatic hydroxyl groups is 6. The fourth-order valence-electron chi connectivity index (χ4n) is 12.9. The van der Waals surface area contributed by atoms with Crippen LogP contribution in [0.15, 0.2) is 78.9 Å². The fraction of sp³-hybridized carbons (Fsp3) is 0.448. The molecule has 11 bridgehead atoms. The number of rotatable bonds is 14. The minimum absolute atomic E-state index is 0.0100. The number of nitrogens with two attached hydrogens (primary N) is 2. The number of aliphatic carboxylic acids is 1. The Morgan fingerprint density at radius 3 is 1.90 bits per heavy atom. The van der Waals surface area contributed by atoms with Crippen molar-refractivity contribution in [3.8, 4) is 57.1 Å². The summed E-state index contributed by atoms with van der Waals surface area (Å²) < 4.78 is 38.5. The molecule has 12 rings (SSSR count). The van der Waals surface area contributed by atoms with E-state index in [-0.39, 0.29) is 51.6 Å². The third kappa shape index (κ3) is 16.0. The van der Waals surface area contributed by atoms with Gasteiger partial charge in [-0.3, -0.25) is 34.1 Å². The second-order valence-electron chi connectivity index (χ2n) is 26.2. The number of hydrogen-bond donors (Lipinski definition) is 19. The third-order valence-electron chi connectivity index (χ3n) is 18.2. The summed E-state index contributed by atoms with van der Waals surface area (Å²) in [6, 6.07) is 0.456. The highest BCUT2D eigenvalue weighted by molar-refractivity contribution is 6.32. The molecule has 0 radical (unpaired) electrons. The average molecular weight is 1450 g/mol. The maximum Gasteiger partial charge on any atom is 0.330 e. The van der Waals surface area contributed by atoms with Crippen LogP contribution in [0.25, 0.3) is 11.1 Å². The van der Waals surface area contributed by atoms with Crippen LogP contribution in [0.4, 0.5) is 0 Å². The normalized spacial score (nSPS) is 29.8. The molecule has 7 aliphatic heterocycles. The number of fused-ring (bicyclic) bond motifs is 15. The molecule has 6 amide bonds. The number of nitrogens with one attached hydrogen (secondary N) is 7. The number of halogens is 2. The van der Waals surface area contributed by atoms with Gasteiger partial charge in [-0.2, -0.15) is 0 Å². The molecule has 0 aromatic heterocycles. The molecule has 0 aliphatic carbocycles. The number of aromatic hydroxyl groups is 3. The van der Waals surface area contributed by atoms with E-state index in [1.54, 1.807) is 14.0 Å². The molecule has 2 fully saturated rings. The lowest BCUT2D eigenvalue weighted by atomic mass is 9.86. The van der Waals surface area contributed by atoms with Gasteiger partial charge in [-0.15, -0.1) is 0 Å². The Morgan fingerprint density at radius 1 is 0.713 bits per heavy atom. The van der Waals surface area contributed by atoms with E-state index >= 15 is 14.4 Å². The Kier molecular flexibility index (Phi) is 22.6. The number of phenolic OH excluding ortho intramolecular Hbond substituents is 3. The van der Waals surface area contributed by atoms with Crippen molar-refractivity contribution in [1.29, 1.82) is 0 Å². The van der Waals surface area contributed by atoms with Crippen molar-refractivity contribution in [3.05, 3.63) is 117 Å². The summed E-state index contributed by atoms with van der Waals surface area (Å²) in [5.41, 5.74) is 8.38. The number of phenols is 3. The van der Waals surface area contributed by atoms with E-state index < -0.39 is 225 Å². The summed E-state index contributed by atoms with van der Waals surface area (Å²) in [6.45, 7) is 7.74. The van der Waals surface area contributed by atoms with E-state index in [4.69, 9.17) is 63.1 Å². The number of benzene rings is 5. The van der Waals surface area contributed by atoms with Crippen LogP contribution in [-0.2, 0) is 47.8 Å². The lowest BCUT2D eigenvalue weighted by Gasteiger charge is -2.47. The number of primary amides is 1. The van der Waals surface area contributed by atoms with E-state index in [0.717, 1.165) is 60.7 Å². The average Bonchev–Trinajstić information content (AvgIpc) is 0.775. The van der Waals surface area contributed by atoms with E-state index in [1.165, 1.54) is 32.0 Å². The van der Waals surface area contributed by atoms with Crippen molar-refractivity contribution >= 4 is 64.6 Å². The van der Waals surface area contributed by atoms with E-state index in [9.17, 15) is 70.2 Å². The van der Waals surface area contributed by atoms with Gasteiger partial charge in [0.15, 0.2) is 29.9 Å². The van der Waals surface area contributed by atoms with Crippen LogP contribution in [0.1, 0.15) is 112 Å². The molecular formula is C67H79Cl2N9O23. The second kappa shape index (κ2) is 30.5. The van der Waals surface area contributed by atoms with Gasteiger partial charge in [0.25, 0.3) is 0 Å². The van der Waals surface area contributed by atoms with Crippen molar-refractivity contribution in [3.63, 3.8) is 0 Å². The Hall–Kier alpha value is -8.71.